The molecule has 7 atom stereocenters. The molecule has 1 aromatic carbocycles. The summed E-state index contributed by atoms with van der Waals surface area (Å²) in [5, 5.41) is 3.23. The highest BCUT2D eigenvalue weighted by atomic mass is 16.6. The molecule has 172 valence electrons. The molecule has 1 N–H and O–H groups in total. The van der Waals surface area contributed by atoms with Gasteiger partial charge in [-0.25, -0.2) is 4.79 Å². The van der Waals surface area contributed by atoms with Crippen LogP contribution in [-0.2, 0) is 4.79 Å². The van der Waals surface area contributed by atoms with Gasteiger partial charge in [0.2, 0.25) is 5.91 Å². The summed E-state index contributed by atoms with van der Waals surface area (Å²) in [5.74, 6) is 2.60. The number of rotatable bonds is 2. The second-order valence-corrected chi connectivity index (χ2v) is 11.1. The largest absolute Gasteiger partial charge is 0.412 e. The topological polar surface area (TPSA) is 58.6 Å². The zero-order chi connectivity index (χ0) is 22.7. The normalized spacial score (nSPS) is 40.3. The maximum atomic E-state index is 12.7. The third-order valence-corrected chi connectivity index (χ3v) is 9.65. The van der Waals surface area contributed by atoms with Crippen molar-refractivity contribution in [1.82, 2.24) is 10.2 Å². The highest BCUT2D eigenvalue weighted by molar-refractivity contribution is 5.89. The van der Waals surface area contributed by atoms with E-state index in [-0.39, 0.29) is 28.9 Å². The van der Waals surface area contributed by atoms with E-state index in [1.807, 2.05) is 43.1 Å². The number of benzene rings is 1. The number of nitrogens with zero attached hydrogens (tertiary/aromatic N) is 1. The fraction of sp³-hybridized carbons (Fsp3) is 0.630. The van der Waals surface area contributed by atoms with Gasteiger partial charge in [0.15, 0.2) is 0 Å². The molecule has 5 nitrogen and oxygen atoms in total. The Balaban J connectivity index is 1.31. The summed E-state index contributed by atoms with van der Waals surface area (Å²) in [4.78, 5) is 26.9. The van der Waals surface area contributed by atoms with Crippen LogP contribution in [0.1, 0.15) is 57.9 Å². The molecular formula is C27H36N2O3. The van der Waals surface area contributed by atoms with E-state index in [4.69, 9.17) is 4.74 Å². The smallest absolute Gasteiger partial charge is 0.410 e. The molecule has 0 bridgehead atoms. The van der Waals surface area contributed by atoms with Gasteiger partial charge in [-0.15, -0.1) is 0 Å². The average Bonchev–Trinajstić information content (AvgIpc) is 3.09. The van der Waals surface area contributed by atoms with E-state index in [0.29, 0.717) is 29.5 Å². The first-order valence-electron chi connectivity index (χ1n) is 12.2. The minimum Gasteiger partial charge on any atom is -0.410 e. The van der Waals surface area contributed by atoms with Gasteiger partial charge in [-0.3, -0.25) is 4.79 Å². The van der Waals surface area contributed by atoms with E-state index < -0.39 is 0 Å². The van der Waals surface area contributed by atoms with Gasteiger partial charge in [0.1, 0.15) is 5.75 Å². The fourth-order valence-corrected chi connectivity index (χ4v) is 7.86. The van der Waals surface area contributed by atoms with Crippen LogP contribution >= 0.6 is 0 Å². The Kier molecular flexibility index (Phi) is 5.14. The van der Waals surface area contributed by atoms with Gasteiger partial charge in [-0.05, 0) is 86.8 Å². The second-order valence-electron chi connectivity index (χ2n) is 11.1. The van der Waals surface area contributed by atoms with Crippen molar-refractivity contribution in [1.29, 1.82) is 0 Å². The second kappa shape index (κ2) is 7.64. The monoisotopic (exact) mass is 436 g/mol. The fourth-order valence-electron chi connectivity index (χ4n) is 7.86. The molecule has 2 amide bonds. The van der Waals surface area contributed by atoms with Crippen molar-refractivity contribution in [3.8, 4) is 5.75 Å². The summed E-state index contributed by atoms with van der Waals surface area (Å²) in [6.07, 6.45) is 10.4. The first-order valence-corrected chi connectivity index (χ1v) is 12.2. The van der Waals surface area contributed by atoms with Crippen LogP contribution in [0.25, 0.3) is 0 Å². The number of aryl methyl sites for hydroxylation is 1. The molecule has 5 heteroatoms. The molecule has 0 unspecified atom stereocenters. The van der Waals surface area contributed by atoms with Crippen LogP contribution in [0, 0.1) is 35.5 Å². The molecule has 1 heterocycles. The van der Waals surface area contributed by atoms with Crippen molar-refractivity contribution in [3.63, 3.8) is 0 Å². The summed E-state index contributed by atoms with van der Waals surface area (Å²) in [6.45, 7) is 6.78. The van der Waals surface area contributed by atoms with Crippen LogP contribution in [0.3, 0.4) is 0 Å². The molecule has 1 aliphatic heterocycles. The van der Waals surface area contributed by atoms with Crippen LogP contribution in [0.5, 0.6) is 5.75 Å². The molecular weight excluding hydrogens is 400 g/mol. The molecule has 0 saturated heterocycles. The van der Waals surface area contributed by atoms with Crippen molar-refractivity contribution < 1.29 is 14.3 Å². The van der Waals surface area contributed by atoms with Crippen LogP contribution in [0.2, 0.25) is 0 Å². The van der Waals surface area contributed by atoms with Crippen LogP contribution < -0.4 is 10.1 Å². The van der Waals surface area contributed by atoms with E-state index in [2.05, 4.69) is 25.2 Å². The number of fused-ring (bicyclic) bond motifs is 5. The van der Waals surface area contributed by atoms with Crippen LogP contribution in [-0.4, -0.2) is 36.0 Å². The summed E-state index contributed by atoms with van der Waals surface area (Å²) >= 11 is 0. The lowest BCUT2D eigenvalue weighted by molar-refractivity contribution is -0.138. The summed E-state index contributed by atoms with van der Waals surface area (Å²) < 4.78 is 5.57. The maximum Gasteiger partial charge on any atom is 0.412 e. The molecule has 32 heavy (non-hydrogen) atoms. The predicted molar refractivity (Wildman–Crippen MR) is 124 cm³/mol. The van der Waals surface area contributed by atoms with Crippen LogP contribution in [0.4, 0.5) is 4.79 Å². The first kappa shape index (κ1) is 21.5. The molecule has 3 fully saturated rings. The van der Waals surface area contributed by atoms with Crippen molar-refractivity contribution in [2.24, 2.45) is 28.6 Å². The van der Waals surface area contributed by atoms with Crippen LogP contribution in [0.15, 0.2) is 36.4 Å². The van der Waals surface area contributed by atoms with Gasteiger partial charge >= 0.3 is 6.09 Å². The zero-order valence-corrected chi connectivity index (χ0v) is 19.8. The molecule has 4 aliphatic rings. The Morgan fingerprint density at radius 1 is 1.06 bits per heavy atom. The van der Waals surface area contributed by atoms with E-state index in [1.165, 1.54) is 6.42 Å². The number of carbonyl (C=O) groups is 2. The summed E-state index contributed by atoms with van der Waals surface area (Å²) in [7, 11) is 1.97. The number of carbonyl (C=O) groups excluding carboxylic acids is 2. The number of hydrogen-bond acceptors (Lipinski definition) is 3. The average molecular weight is 437 g/mol. The van der Waals surface area contributed by atoms with Crippen molar-refractivity contribution in [3.05, 3.63) is 42.0 Å². The molecule has 0 radical (unpaired) electrons. The first-order chi connectivity index (χ1) is 15.2. The Morgan fingerprint density at radius 2 is 1.81 bits per heavy atom. The lowest BCUT2D eigenvalue weighted by Gasteiger charge is -2.60. The van der Waals surface area contributed by atoms with E-state index in [9.17, 15) is 9.59 Å². The van der Waals surface area contributed by atoms with Crippen molar-refractivity contribution in [2.45, 2.75) is 71.4 Å². The molecule has 1 aromatic rings. The quantitative estimate of drug-likeness (QED) is 0.702. The Labute approximate surface area is 191 Å². The van der Waals surface area contributed by atoms with E-state index >= 15 is 0 Å². The van der Waals surface area contributed by atoms with E-state index in [0.717, 1.165) is 37.7 Å². The summed E-state index contributed by atoms with van der Waals surface area (Å²) in [6, 6.07) is 8.07. The minimum absolute atomic E-state index is 0.0583. The third kappa shape index (κ3) is 3.27. The highest BCUT2D eigenvalue weighted by Gasteiger charge is 2.60. The van der Waals surface area contributed by atoms with Gasteiger partial charge in [0, 0.05) is 24.5 Å². The Hall–Kier alpha value is -2.30. The molecule has 0 aromatic heterocycles. The van der Waals surface area contributed by atoms with E-state index in [1.54, 1.807) is 6.08 Å². The number of likely N-dealkylation sites (N-methyl/N-ethyl adjacent to an activating group) is 1. The van der Waals surface area contributed by atoms with Gasteiger partial charge in [0.05, 0.1) is 0 Å². The Morgan fingerprint density at radius 3 is 2.56 bits per heavy atom. The number of amides is 2. The third-order valence-electron chi connectivity index (χ3n) is 9.65. The SMILES string of the molecule is Cc1ccc(OC(=O)N[C@H]2CC[C@H]3[C@@H]4CC[C@H]5N(C)C(=O)C=C[C@]5(C)[C@H]4CC[C@]23C)cc1. The van der Waals surface area contributed by atoms with Gasteiger partial charge < -0.3 is 15.0 Å². The molecule has 0 spiro atoms. The lowest BCUT2D eigenvalue weighted by Crippen LogP contribution is -2.60. The number of nitrogens with one attached hydrogen (secondary N) is 1. The number of ether oxygens (including phenoxy) is 1. The van der Waals surface area contributed by atoms with Gasteiger partial charge in [-0.1, -0.05) is 37.6 Å². The molecule has 3 saturated carbocycles. The lowest BCUT2D eigenvalue weighted by atomic mass is 9.48. The Bertz CT molecular complexity index is 941. The zero-order valence-electron chi connectivity index (χ0n) is 19.8. The summed E-state index contributed by atoms with van der Waals surface area (Å²) in [5.41, 5.74) is 1.31. The maximum absolute atomic E-state index is 12.7. The van der Waals surface area contributed by atoms with Gasteiger partial charge in [-0.2, -0.15) is 0 Å². The van der Waals surface area contributed by atoms with Crippen molar-refractivity contribution in [2.75, 3.05) is 7.05 Å². The predicted octanol–water partition coefficient (Wildman–Crippen LogP) is 5.09. The number of hydrogen-bond donors (Lipinski definition) is 1. The standard InChI is InChI=1S/C27H36N2O3/c1-17-5-7-18(8-6-17)32-25(31)28-22-11-10-20-19-9-12-23-27(3,16-14-24(30)29(23)4)21(19)13-15-26(20,22)2/h5-8,14,16,19-23H,9-13,15H2,1-4H3,(H,28,31)/t19-,20-,21-,22-,23+,26-,27+/m0/s1. The van der Waals surface area contributed by atoms with Crippen molar-refractivity contribution >= 4 is 12.0 Å². The minimum atomic E-state index is -0.339. The van der Waals surface area contributed by atoms with Gasteiger partial charge in [0.25, 0.3) is 0 Å². The molecule has 3 aliphatic carbocycles. The molecule has 5 rings (SSSR count). The highest BCUT2D eigenvalue weighted by Crippen LogP contribution is 2.63.